The molecule has 1 amide bonds. The third-order valence-electron chi connectivity index (χ3n) is 4.52. The van der Waals surface area contributed by atoms with Crippen LogP contribution in [0.1, 0.15) is 26.2 Å². The average Bonchev–Trinajstić information content (AvgIpc) is 2.64. The van der Waals surface area contributed by atoms with Gasteiger partial charge in [0, 0.05) is 38.6 Å². The molecule has 1 saturated heterocycles. The molecular formula is C19H27ClN2O4. The third-order valence-corrected chi connectivity index (χ3v) is 4.83. The lowest BCUT2D eigenvalue weighted by molar-refractivity contribution is -0.142. The topological polar surface area (TPSA) is 59.1 Å². The Morgan fingerprint density at radius 1 is 1.23 bits per heavy atom. The van der Waals surface area contributed by atoms with Crippen molar-refractivity contribution in [2.75, 3.05) is 39.9 Å². The Labute approximate surface area is 160 Å². The van der Waals surface area contributed by atoms with Crippen molar-refractivity contribution in [3.8, 4) is 5.75 Å². The summed E-state index contributed by atoms with van der Waals surface area (Å²) in [6, 6.07) is 7.46. The maximum absolute atomic E-state index is 12.5. The van der Waals surface area contributed by atoms with Crippen molar-refractivity contribution < 1.29 is 19.1 Å². The fraction of sp³-hybridized carbons (Fsp3) is 0.579. The summed E-state index contributed by atoms with van der Waals surface area (Å²) in [6.07, 6.45) is 1.49. The van der Waals surface area contributed by atoms with Crippen molar-refractivity contribution in [3.63, 3.8) is 0 Å². The number of carbonyl (C=O) groups excluding carboxylic acids is 2. The summed E-state index contributed by atoms with van der Waals surface area (Å²) >= 11 is 6.04. The summed E-state index contributed by atoms with van der Waals surface area (Å²) in [5.74, 6) is 0.594. The molecule has 144 valence electrons. The maximum Gasteiger partial charge on any atom is 0.306 e. The molecule has 0 aromatic heterocycles. The molecule has 0 spiro atoms. The number of carbonyl (C=O) groups is 2. The Morgan fingerprint density at radius 3 is 2.69 bits per heavy atom. The molecule has 0 bridgehead atoms. The number of esters is 1. The van der Waals surface area contributed by atoms with Gasteiger partial charge in [-0.3, -0.25) is 14.5 Å². The molecule has 0 unspecified atom stereocenters. The highest BCUT2D eigenvalue weighted by Crippen LogP contribution is 2.23. The van der Waals surface area contributed by atoms with Gasteiger partial charge in [0.1, 0.15) is 5.75 Å². The van der Waals surface area contributed by atoms with E-state index in [9.17, 15) is 9.59 Å². The quantitative estimate of drug-likeness (QED) is 0.511. The van der Waals surface area contributed by atoms with Crippen LogP contribution in [0.25, 0.3) is 0 Å². The monoisotopic (exact) mass is 382 g/mol. The van der Waals surface area contributed by atoms with Crippen LogP contribution in [0.2, 0.25) is 5.02 Å². The molecule has 1 aliphatic rings. The van der Waals surface area contributed by atoms with Crippen LogP contribution in [-0.4, -0.2) is 67.6 Å². The number of ether oxygens (including phenoxy) is 2. The molecule has 0 N–H and O–H groups in total. The van der Waals surface area contributed by atoms with Crippen LogP contribution < -0.4 is 4.74 Å². The van der Waals surface area contributed by atoms with Crippen LogP contribution in [0, 0.1) is 0 Å². The molecule has 1 fully saturated rings. The van der Waals surface area contributed by atoms with E-state index in [0.29, 0.717) is 49.7 Å². The van der Waals surface area contributed by atoms with Crippen molar-refractivity contribution in [3.05, 3.63) is 29.3 Å². The van der Waals surface area contributed by atoms with E-state index in [1.165, 1.54) is 7.11 Å². The molecule has 1 aromatic rings. The van der Waals surface area contributed by atoms with E-state index in [1.807, 2.05) is 30.0 Å². The van der Waals surface area contributed by atoms with Crippen LogP contribution in [0.4, 0.5) is 0 Å². The lowest BCUT2D eigenvalue weighted by atomic mass is 10.1. The van der Waals surface area contributed by atoms with Crippen LogP contribution in [0.5, 0.6) is 5.75 Å². The first-order valence-electron chi connectivity index (χ1n) is 8.97. The van der Waals surface area contributed by atoms with Gasteiger partial charge in [-0.1, -0.05) is 23.7 Å². The van der Waals surface area contributed by atoms with E-state index in [0.717, 1.165) is 13.1 Å². The summed E-state index contributed by atoms with van der Waals surface area (Å²) < 4.78 is 10.3. The van der Waals surface area contributed by atoms with Gasteiger partial charge in [0.25, 0.3) is 0 Å². The van der Waals surface area contributed by atoms with Gasteiger partial charge in [-0.05, 0) is 25.5 Å². The Bertz CT molecular complexity index is 611. The zero-order valence-electron chi connectivity index (χ0n) is 15.4. The number of nitrogens with zero attached hydrogens (tertiary/aromatic N) is 2. The number of hydrogen-bond acceptors (Lipinski definition) is 5. The molecule has 6 nitrogen and oxygen atoms in total. The van der Waals surface area contributed by atoms with Gasteiger partial charge in [-0.2, -0.15) is 0 Å². The van der Waals surface area contributed by atoms with Crippen molar-refractivity contribution in [2.24, 2.45) is 0 Å². The Morgan fingerprint density at radius 2 is 2.00 bits per heavy atom. The summed E-state index contributed by atoms with van der Waals surface area (Å²) in [6.45, 7) is 5.42. The second-order valence-electron chi connectivity index (χ2n) is 6.45. The fourth-order valence-corrected chi connectivity index (χ4v) is 3.26. The summed E-state index contributed by atoms with van der Waals surface area (Å²) in [4.78, 5) is 27.8. The summed E-state index contributed by atoms with van der Waals surface area (Å²) in [5, 5.41) is 0.579. The third kappa shape index (κ3) is 6.18. The van der Waals surface area contributed by atoms with Crippen LogP contribution >= 0.6 is 11.6 Å². The standard InChI is InChI=1S/C19H27ClN2O4/c1-15-14-21(10-9-19(24)25-2)11-12-22(15)18(23)8-5-13-26-17-7-4-3-6-16(17)20/h3-4,6-7,15H,5,8-14H2,1-2H3/t15-/m1/s1. The number of rotatable bonds is 8. The van der Waals surface area contributed by atoms with Gasteiger partial charge >= 0.3 is 5.97 Å². The SMILES string of the molecule is COC(=O)CCN1CCN(C(=O)CCCOc2ccccc2Cl)[C@H](C)C1. The predicted octanol–water partition coefficient (Wildman–Crippen LogP) is 2.59. The highest BCUT2D eigenvalue weighted by molar-refractivity contribution is 6.32. The minimum Gasteiger partial charge on any atom is -0.492 e. The molecule has 1 aromatic carbocycles. The Hall–Kier alpha value is -1.79. The highest BCUT2D eigenvalue weighted by Gasteiger charge is 2.27. The number of para-hydroxylation sites is 1. The molecule has 1 atom stereocenters. The Balaban J connectivity index is 1.68. The molecule has 0 aliphatic carbocycles. The van der Waals surface area contributed by atoms with Crippen LogP contribution in [0.15, 0.2) is 24.3 Å². The molecular weight excluding hydrogens is 356 g/mol. The van der Waals surface area contributed by atoms with E-state index in [4.69, 9.17) is 16.3 Å². The van der Waals surface area contributed by atoms with E-state index in [2.05, 4.69) is 9.64 Å². The minimum atomic E-state index is -0.199. The number of piperazine rings is 1. The van der Waals surface area contributed by atoms with E-state index >= 15 is 0 Å². The van der Waals surface area contributed by atoms with Gasteiger partial charge in [-0.25, -0.2) is 0 Å². The second-order valence-corrected chi connectivity index (χ2v) is 6.85. The first-order valence-corrected chi connectivity index (χ1v) is 9.35. The van der Waals surface area contributed by atoms with Gasteiger partial charge in [-0.15, -0.1) is 0 Å². The number of halogens is 1. The van der Waals surface area contributed by atoms with Crippen molar-refractivity contribution in [2.45, 2.75) is 32.2 Å². The van der Waals surface area contributed by atoms with Crippen molar-refractivity contribution in [1.82, 2.24) is 9.80 Å². The number of hydrogen-bond donors (Lipinski definition) is 0. The van der Waals surface area contributed by atoms with Gasteiger partial charge in [0.15, 0.2) is 0 Å². The minimum absolute atomic E-state index is 0.137. The molecule has 0 saturated carbocycles. The zero-order valence-corrected chi connectivity index (χ0v) is 16.2. The Kier molecular flexibility index (Phi) is 8.19. The molecule has 7 heteroatoms. The molecule has 1 aliphatic heterocycles. The summed E-state index contributed by atoms with van der Waals surface area (Å²) in [5.41, 5.74) is 0. The van der Waals surface area contributed by atoms with E-state index in [1.54, 1.807) is 6.07 Å². The molecule has 1 heterocycles. The first kappa shape index (κ1) is 20.5. The van der Waals surface area contributed by atoms with Gasteiger partial charge in [0.2, 0.25) is 5.91 Å². The van der Waals surface area contributed by atoms with E-state index in [-0.39, 0.29) is 17.9 Å². The van der Waals surface area contributed by atoms with Gasteiger partial charge < -0.3 is 14.4 Å². The van der Waals surface area contributed by atoms with Crippen LogP contribution in [0.3, 0.4) is 0 Å². The lowest BCUT2D eigenvalue weighted by Crippen LogP contribution is -2.54. The second kappa shape index (κ2) is 10.4. The van der Waals surface area contributed by atoms with E-state index < -0.39 is 0 Å². The fourth-order valence-electron chi connectivity index (χ4n) is 3.07. The average molecular weight is 383 g/mol. The summed E-state index contributed by atoms with van der Waals surface area (Å²) in [7, 11) is 1.40. The largest absolute Gasteiger partial charge is 0.492 e. The maximum atomic E-state index is 12.5. The van der Waals surface area contributed by atoms with Crippen molar-refractivity contribution >= 4 is 23.5 Å². The zero-order chi connectivity index (χ0) is 18.9. The number of methoxy groups -OCH3 is 1. The van der Waals surface area contributed by atoms with Crippen molar-refractivity contribution in [1.29, 1.82) is 0 Å². The first-order chi connectivity index (χ1) is 12.5. The predicted molar refractivity (Wildman–Crippen MR) is 100 cm³/mol. The van der Waals surface area contributed by atoms with Crippen LogP contribution in [-0.2, 0) is 14.3 Å². The molecule has 26 heavy (non-hydrogen) atoms. The smallest absolute Gasteiger partial charge is 0.306 e. The lowest BCUT2D eigenvalue weighted by Gasteiger charge is -2.40. The normalized spacial score (nSPS) is 17.8. The highest BCUT2D eigenvalue weighted by atomic mass is 35.5. The van der Waals surface area contributed by atoms with Gasteiger partial charge in [0.05, 0.1) is 25.2 Å². The number of benzene rings is 1. The molecule has 2 rings (SSSR count). The molecule has 0 radical (unpaired) electrons. The number of amides is 1.